The highest BCUT2D eigenvalue weighted by molar-refractivity contribution is 6.01. The fourth-order valence-corrected chi connectivity index (χ4v) is 5.98. The van der Waals surface area contributed by atoms with Crippen molar-refractivity contribution >= 4 is 29.2 Å². The van der Waals surface area contributed by atoms with E-state index >= 15 is 0 Å². The number of benzene rings is 1. The summed E-state index contributed by atoms with van der Waals surface area (Å²) >= 11 is 0. The number of rotatable bonds is 12. The van der Waals surface area contributed by atoms with E-state index in [1.165, 1.54) is 4.90 Å². The lowest BCUT2D eigenvalue weighted by atomic mass is 9.69. The van der Waals surface area contributed by atoms with Gasteiger partial charge in [-0.3, -0.25) is 14.4 Å². The second-order valence-electron chi connectivity index (χ2n) is 9.86. The number of fused-ring (bicyclic) bond motifs is 1. The summed E-state index contributed by atoms with van der Waals surface area (Å²) in [6, 6.07) is 6.33. The highest BCUT2D eigenvalue weighted by atomic mass is 16.5. The molecule has 0 bridgehead atoms. The van der Waals surface area contributed by atoms with E-state index < -0.39 is 35.8 Å². The molecule has 0 radical (unpaired) electrons. The Kier molecular flexibility index (Phi) is 10.1. The predicted molar refractivity (Wildman–Crippen MR) is 145 cm³/mol. The van der Waals surface area contributed by atoms with Crippen molar-refractivity contribution in [3.63, 3.8) is 0 Å². The van der Waals surface area contributed by atoms with Crippen LogP contribution in [-0.2, 0) is 19.1 Å². The first-order valence-electron chi connectivity index (χ1n) is 13.8. The largest absolute Gasteiger partial charge is 0.466 e. The number of ether oxygens (including phenoxy) is 1. The van der Waals surface area contributed by atoms with E-state index in [0.717, 1.165) is 31.6 Å². The van der Waals surface area contributed by atoms with Crippen LogP contribution in [0.3, 0.4) is 0 Å². The number of carbonyl (C=O) groups excluding carboxylic acids is 3. The van der Waals surface area contributed by atoms with Gasteiger partial charge in [0.15, 0.2) is 0 Å². The lowest BCUT2D eigenvalue weighted by Gasteiger charge is -2.34. The molecule has 0 unspecified atom stereocenters. The molecule has 1 aliphatic carbocycles. The van der Waals surface area contributed by atoms with Gasteiger partial charge in [0.1, 0.15) is 6.04 Å². The lowest BCUT2D eigenvalue weighted by Crippen LogP contribution is -2.50. The molecule has 1 aromatic rings. The summed E-state index contributed by atoms with van der Waals surface area (Å²) in [6.07, 6.45) is 6.04. The molecule has 1 aliphatic heterocycles. The number of hydrogen-bond acceptors (Lipinski definition) is 6. The Labute approximate surface area is 221 Å². The molecular weight excluding hydrogens is 470 g/mol. The number of carbonyl (C=O) groups is 3. The third-order valence-electron chi connectivity index (χ3n) is 7.84. The molecule has 1 heterocycles. The van der Waals surface area contributed by atoms with Crippen LogP contribution in [0.2, 0.25) is 0 Å². The molecule has 0 spiro atoms. The molecule has 8 nitrogen and oxygen atoms in total. The van der Waals surface area contributed by atoms with E-state index in [1.54, 1.807) is 6.92 Å². The van der Waals surface area contributed by atoms with Crippen molar-refractivity contribution in [2.45, 2.75) is 66.0 Å². The van der Waals surface area contributed by atoms with Gasteiger partial charge in [-0.05, 0) is 63.8 Å². The van der Waals surface area contributed by atoms with E-state index in [4.69, 9.17) is 4.74 Å². The Morgan fingerprint density at radius 3 is 2.30 bits per heavy atom. The molecule has 1 aromatic carbocycles. The van der Waals surface area contributed by atoms with Gasteiger partial charge in [-0.1, -0.05) is 32.4 Å². The topological polar surface area (TPSA) is 99.2 Å². The Balaban J connectivity index is 1.96. The van der Waals surface area contributed by atoms with Crippen molar-refractivity contribution in [2.75, 3.05) is 36.5 Å². The van der Waals surface area contributed by atoms with Crippen LogP contribution >= 0.6 is 0 Å². The van der Waals surface area contributed by atoms with E-state index in [-0.39, 0.29) is 30.9 Å². The van der Waals surface area contributed by atoms with E-state index in [2.05, 4.69) is 24.1 Å². The van der Waals surface area contributed by atoms with Gasteiger partial charge >= 0.3 is 5.97 Å². The van der Waals surface area contributed by atoms with E-state index in [0.29, 0.717) is 12.1 Å². The van der Waals surface area contributed by atoms with Gasteiger partial charge in [0.25, 0.3) is 0 Å². The van der Waals surface area contributed by atoms with Crippen LogP contribution in [0.1, 0.15) is 53.9 Å². The average Bonchev–Trinajstić information content (AvgIpc) is 3.19. The van der Waals surface area contributed by atoms with Crippen molar-refractivity contribution in [2.24, 2.45) is 23.7 Å². The molecule has 2 N–H and O–H groups in total. The molecule has 1 saturated heterocycles. The van der Waals surface area contributed by atoms with Gasteiger partial charge < -0.3 is 25.0 Å². The summed E-state index contributed by atoms with van der Waals surface area (Å²) in [4.78, 5) is 44.5. The van der Waals surface area contributed by atoms with Gasteiger partial charge in [-0.15, -0.1) is 0 Å². The molecule has 6 atom stereocenters. The maximum absolute atomic E-state index is 13.9. The Morgan fingerprint density at radius 1 is 1.08 bits per heavy atom. The first kappa shape index (κ1) is 28.7. The molecule has 0 aromatic heterocycles. The number of nitrogens with one attached hydrogen (secondary N) is 1. The van der Waals surface area contributed by atoms with Crippen LogP contribution < -0.4 is 10.2 Å². The SMILES string of the molecule is CCC[C@@H]1C=C[C@H]2[C@@H](C(=O)N([C@@H](CC)CO)[C@@H]2C(=O)Nc2ccc(N(CC)CC)cc2)[C@@H]1C(=O)OCC. The number of aliphatic hydroxyl groups is 1. The maximum atomic E-state index is 13.9. The fraction of sp³-hybridized carbons (Fsp3) is 0.621. The number of anilines is 2. The summed E-state index contributed by atoms with van der Waals surface area (Å²) in [5.74, 6) is -2.91. The second kappa shape index (κ2) is 13.1. The van der Waals surface area contributed by atoms with Gasteiger partial charge in [-0.25, -0.2) is 0 Å². The minimum absolute atomic E-state index is 0.125. The molecule has 8 heteroatoms. The monoisotopic (exact) mass is 513 g/mol. The molecule has 1 fully saturated rings. The van der Waals surface area contributed by atoms with Crippen LogP contribution in [0, 0.1) is 23.7 Å². The summed E-state index contributed by atoms with van der Waals surface area (Å²) in [5.41, 5.74) is 1.71. The van der Waals surface area contributed by atoms with E-state index in [9.17, 15) is 19.5 Å². The highest BCUT2D eigenvalue weighted by Gasteiger charge is 2.58. The number of esters is 1. The number of aliphatic hydroxyl groups excluding tert-OH is 1. The lowest BCUT2D eigenvalue weighted by molar-refractivity contribution is -0.156. The van der Waals surface area contributed by atoms with Crippen molar-refractivity contribution in [3.8, 4) is 0 Å². The first-order valence-corrected chi connectivity index (χ1v) is 13.8. The van der Waals surface area contributed by atoms with E-state index in [1.807, 2.05) is 50.3 Å². The van der Waals surface area contributed by atoms with Gasteiger partial charge in [0, 0.05) is 30.4 Å². The molecule has 204 valence electrons. The zero-order valence-corrected chi connectivity index (χ0v) is 22.9. The summed E-state index contributed by atoms with van der Waals surface area (Å²) in [5, 5.41) is 13.1. The second-order valence-corrected chi connectivity index (χ2v) is 9.86. The van der Waals surface area contributed by atoms with Crippen LogP contribution in [0.4, 0.5) is 11.4 Å². The number of nitrogens with zero attached hydrogens (tertiary/aromatic N) is 2. The van der Waals surface area contributed by atoms with Crippen LogP contribution in [0.15, 0.2) is 36.4 Å². The predicted octanol–water partition coefficient (Wildman–Crippen LogP) is 3.85. The summed E-state index contributed by atoms with van der Waals surface area (Å²) < 4.78 is 5.41. The average molecular weight is 514 g/mol. The van der Waals surface area contributed by atoms with Crippen LogP contribution in [0.5, 0.6) is 0 Å². The Bertz CT molecular complexity index is 955. The molecule has 0 saturated carbocycles. The molecular formula is C29H43N3O5. The van der Waals surface area contributed by atoms with Crippen molar-refractivity contribution in [1.82, 2.24) is 4.90 Å². The number of likely N-dealkylation sites (tertiary alicyclic amines) is 1. The normalized spacial score (nSPS) is 25.5. The van der Waals surface area contributed by atoms with Crippen LogP contribution in [0.25, 0.3) is 0 Å². The molecule has 3 rings (SSSR count). The Morgan fingerprint density at radius 2 is 1.76 bits per heavy atom. The third-order valence-corrected chi connectivity index (χ3v) is 7.84. The summed E-state index contributed by atoms with van der Waals surface area (Å²) in [6.45, 7) is 11.6. The van der Waals surface area contributed by atoms with Gasteiger partial charge in [0.2, 0.25) is 11.8 Å². The minimum atomic E-state index is -0.826. The van der Waals surface area contributed by atoms with Crippen molar-refractivity contribution in [3.05, 3.63) is 36.4 Å². The van der Waals surface area contributed by atoms with Gasteiger partial charge in [-0.2, -0.15) is 0 Å². The fourth-order valence-electron chi connectivity index (χ4n) is 5.98. The quantitative estimate of drug-likeness (QED) is 0.325. The van der Waals surface area contributed by atoms with Crippen molar-refractivity contribution in [1.29, 1.82) is 0 Å². The number of allylic oxidation sites excluding steroid dienone is 1. The number of amides is 2. The maximum Gasteiger partial charge on any atom is 0.310 e. The van der Waals surface area contributed by atoms with Gasteiger partial charge in [0.05, 0.1) is 31.1 Å². The van der Waals surface area contributed by atoms with Crippen LogP contribution in [-0.4, -0.2) is 66.2 Å². The number of hydrogen-bond donors (Lipinski definition) is 2. The molecule has 37 heavy (non-hydrogen) atoms. The zero-order chi connectivity index (χ0) is 27.1. The third kappa shape index (κ3) is 5.84. The summed E-state index contributed by atoms with van der Waals surface area (Å²) in [7, 11) is 0. The standard InChI is InChI=1S/C29H43N3O5/c1-6-11-19-12-17-23-25(24(19)29(36)37-10-5)28(35)32(21(7-2)18-33)26(23)27(34)30-20-13-15-22(16-14-20)31(8-3)9-4/h12-17,19,21,23-26,33H,6-11,18H2,1-5H3,(H,30,34)/t19-,21+,23+,24-,25-,26+/m1/s1. The smallest absolute Gasteiger partial charge is 0.310 e. The zero-order valence-electron chi connectivity index (χ0n) is 22.9. The molecule has 2 aliphatic rings. The first-order chi connectivity index (χ1) is 17.9. The van der Waals surface area contributed by atoms with Crippen molar-refractivity contribution < 1.29 is 24.2 Å². The minimum Gasteiger partial charge on any atom is -0.466 e. The highest BCUT2D eigenvalue weighted by Crippen LogP contribution is 2.46. The molecule has 2 amide bonds. The Hall–Kier alpha value is -2.87.